The summed E-state index contributed by atoms with van der Waals surface area (Å²) in [6.07, 6.45) is 1.76. The average molecular weight is 181 g/mol. The highest BCUT2D eigenvalue weighted by Crippen LogP contribution is 1.99. The minimum absolute atomic E-state index is 0.0128. The van der Waals surface area contributed by atoms with E-state index in [4.69, 9.17) is 0 Å². The van der Waals surface area contributed by atoms with Crippen molar-refractivity contribution in [2.45, 2.75) is 6.54 Å². The third-order valence-corrected chi connectivity index (χ3v) is 1.98. The molecule has 0 spiro atoms. The fourth-order valence-electron chi connectivity index (χ4n) is 0.842. The molecule has 0 fully saturated rings. The van der Waals surface area contributed by atoms with Crippen molar-refractivity contribution < 1.29 is 4.79 Å². The number of benzene rings is 1. The van der Waals surface area contributed by atoms with E-state index < -0.39 is 0 Å². The maximum absolute atomic E-state index is 10.8. The summed E-state index contributed by atoms with van der Waals surface area (Å²) in [5.74, 6) is 0. The van der Waals surface area contributed by atoms with E-state index in [1.165, 1.54) is 11.8 Å². The molecule has 0 bridgehead atoms. The van der Waals surface area contributed by atoms with Crippen LogP contribution in [-0.2, 0) is 6.54 Å². The zero-order valence-electron chi connectivity index (χ0n) is 6.91. The second-order valence-corrected chi connectivity index (χ2v) is 3.11. The third kappa shape index (κ3) is 2.96. The minimum Gasteiger partial charge on any atom is -0.343 e. The number of carbonyl (C=O) groups is 1. The molecule has 1 N–H and O–H groups in total. The Morgan fingerprint density at radius 3 is 2.67 bits per heavy atom. The molecule has 0 saturated carbocycles. The highest BCUT2D eigenvalue weighted by Gasteiger charge is 1.95. The van der Waals surface area contributed by atoms with Gasteiger partial charge in [-0.25, -0.2) is 0 Å². The lowest BCUT2D eigenvalue weighted by Crippen LogP contribution is -2.17. The van der Waals surface area contributed by atoms with Gasteiger partial charge in [0, 0.05) is 6.54 Å². The van der Waals surface area contributed by atoms with Crippen LogP contribution >= 0.6 is 11.8 Å². The van der Waals surface area contributed by atoms with E-state index in [1.54, 1.807) is 6.26 Å². The zero-order chi connectivity index (χ0) is 8.81. The molecule has 0 aliphatic heterocycles. The monoisotopic (exact) mass is 181 g/mol. The number of amides is 1. The minimum atomic E-state index is 0.0128. The quantitative estimate of drug-likeness (QED) is 0.758. The van der Waals surface area contributed by atoms with Crippen molar-refractivity contribution in [1.82, 2.24) is 5.32 Å². The van der Waals surface area contributed by atoms with Gasteiger partial charge < -0.3 is 5.32 Å². The molecule has 1 aromatic rings. The largest absolute Gasteiger partial charge is 0.343 e. The van der Waals surface area contributed by atoms with Crippen LogP contribution in [0.25, 0.3) is 0 Å². The van der Waals surface area contributed by atoms with Gasteiger partial charge in [-0.1, -0.05) is 42.1 Å². The summed E-state index contributed by atoms with van der Waals surface area (Å²) >= 11 is 1.19. The molecule has 12 heavy (non-hydrogen) atoms. The Morgan fingerprint density at radius 1 is 1.42 bits per heavy atom. The summed E-state index contributed by atoms with van der Waals surface area (Å²) in [7, 11) is 0. The first-order valence-electron chi connectivity index (χ1n) is 3.68. The Balaban J connectivity index is 2.38. The van der Waals surface area contributed by atoms with Crippen LogP contribution in [0.4, 0.5) is 4.79 Å². The Hall–Kier alpha value is -0.960. The van der Waals surface area contributed by atoms with E-state index in [9.17, 15) is 4.79 Å². The van der Waals surface area contributed by atoms with E-state index in [-0.39, 0.29) is 5.24 Å². The highest BCUT2D eigenvalue weighted by molar-refractivity contribution is 8.12. The van der Waals surface area contributed by atoms with Gasteiger partial charge in [0.1, 0.15) is 0 Å². The number of nitrogens with one attached hydrogen (secondary N) is 1. The molecule has 0 atom stereocenters. The van der Waals surface area contributed by atoms with E-state index in [2.05, 4.69) is 5.32 Å². The molecule has 0 radical (unpaired) electrons. The number of carbonyl (C=O) groups excluding carboxylic acids is 1. The Labute approximate surface area is 76.4 Å². The van der Waals surface area contributed by atoms with Crippen LogP contribution < -0.4 is 5.32 Å². The summed E-state index contributed by atoms with van der Waals surface area (Å²) in [6, 6.07) is 9.85. The molecule has 0 saturated heterocycles. The first-order chi connectivity index (χ1) is 5.83. The predicted octanol–water partition coefficient (Wildman–Crippen LogP) is 2.26. The van der Waals surface area contributed by atoms with Crippen molar-refractivity contribution in [2.75, 3.05) is 6.26 Å². The zero-order valence-corrected chi connectivity index (χ0v) is 7.73. The van der Waals surface area contributed by atoms with Gasteiger partial charge in [-0.15, -0.1) is 0 Å². The molecular weight excluding hydrogens is 170 g/mol. The van der Waals surface area contributed by atoms with Gasteiger partial charge in [0.2, 0.25) is 0 Å². The van der Waals surface area contributed by atoms with Gasteiger partial charge in [0.05, 0.1) is 0 Å². The van der Waals surface area contributed by atoms with Crippen molar-refractivity contribution in [3.05, 3.63) is 35.9 Å². The molecule has 64 valence electrons. The topological polar surface area (TPSA) is 29.1 Å². The van der Waals surface area contributed by atoms with Crippen molar-refractivity contribution >= 4 is 17.0 Å². The lowest BCUT2D eigenvalue weighted by Gasteiger charge is -2.01. The smallest absolute Gasteiger partial charge is 0.279 e. The van der Waals surface area contributed by atoms with Crippen LogP contribution in [0.15, 0.2) is 30.3 Å². The van der Waals surface area contributed by atoms with Crippen molar-refractivity contribution in [1.29, 1.82) is 0 Å². The number of rotatable bonds is 2. The first-order valence-corrected chi connectivity index (χ1v) is 4.91. The fourth-order valence-corrected chi connectivity index (χ4v) is 1.06. The maximum atomic E-state index is 10.8. The molecule has 1 rings (SSSR count). The standard InChI is InChI=1S/C9H11NOS/c1-12-9(11)10-7-8-5-3-2-4-6-8/h2-6H,7H2,1H3,(H,10,11). The number of hydrogen-bond acceptors (Lipinski definition) is 2. The summed E-state index contributed by atoms with van der Waals surface area (Å²) in [4.78, 5) is 10.8. The molecule has 0 aliphatic carbocycles. The maximum Gasteiger partial charge on any atom is 0.279 e. The fraction of sp³-hybridized carbons (Fsp3) is 0.222. The van der Waals surface area contributed by atoms with E-state index in [0.29, 0.717) is 6.54 Å². The molecule has 0 heterocycles. The van der Waals surface area contributed by atoms with Gasteiger partial charge >= 0.3 is 0 Å². The van der Waals surface area contributed by atoms with Gasteiger partial charge in [-0.05, 0) is 11.8 Å². The molecule has 0 aliphatic rings. The van der Waals surface area contributed by atoms with Crippen LogP contribution in [0, 0.1) is 0 Å². The second-order valence-electron chi connectivity index (χ2n) is 2.33. The van der Waals surface area contributed by atoms with E-state index in [1.807, 2.05) is 30.3 Å². The van der Waals surface area contributed by atoms with Crippen LogP contribution in [0.2, 0.25) is 0 Å². The van der Waals surface area contributed by atoms with Crippen molar-refractivity contribution in [2.24, 2.45) is 0 Å². The van der Waals surface area contributed by atoms with E-state index >= 15 is 0 Å². The van der Waals surface area contributed by atoms with Crippen LogP contribution in [0.1, 0.15) is 5.56 Å². The second kappa shape index (κ2) is 4.83. The molecule has 0 aromatic heterocycles. The van der Waals surface area contributed by atoms with Gasteiger partial charge in [0.25, 0.3) is 5.24 Å². The third-order valence-electron chi connectivity index (χ3n) is 1.47. The normalized spacial score (nSPS) is 9.42. The lowest BCUT2D eigenvalue weighted by molar-refractivity contribution is 0.260. The Kier molecular flexibility index (Phi) is 3.67. The number of hydrogen-bond donors (Lipinski definition) is 1. The molecule has 3 heteroatoms. The summed E-state index contributed by atoms with van der Waals surface area (Å²) in [6.45, 7) is 0.612. The molecule has 0 unspecified atom stereocenters. The van der Waals surface area contributed by atoms with Crippen LogP contribution in [-0.4, -0.2) is 11.5 Å². The first kappa shape index (κ1) is 9.13. The summed E-state index contributed by atoms with van der Waals surface area (Å²) in [5.41, 5.74) is 1.12. The van der Waals surface area contributed by atoms with Gasteiger partial charge in [-0.3, -0.25) is 4.79 Å². The Morgan fingerprint density at radius 2 is 2.08 bits per heavy atom. The molecule has 1 amide bonds. The van der Waals surface area contributed by atoms with Crippen LogP contribution in [0.5, 0.6) is 0 Å². The predicted molar refractivity (Wildman–Crippen MR) is 52.2 cm³/mol. The Bertz CT molecular complexity index is 248. The van der Waals surface area contributed by atoms with Crippen LogP contribution in [0.3, 0.4) is 0 Å². The van der Waals surface area contributed by atoms with Gasteiger partial charge in [-0.2, -0.15) is 0 Å². The van der Waals surface area contributed by atoms with E-state index in [0.717, 1.165) is 5.56 Å². The van der Waals surface area contributed by atoms with Crippen molar-refractivity contribution in [3.8, 4) is 0 Å². The lowest BCUT2D eigenvalue weighted by atomic mass is 10.2. The highest BCUT2D eigenvalue weighted by atomic mass is 32.2. The SMILES string of the molecule is CSC(=O)NCc1ccccc1. The number of thioether (sulfide) groups is 1. The molecule has 1 aromatic carbocycles. The summed E-state index contributed by atoms with van der Waals surface area (Å²) in [5, 5.41) is 2.79. The molecular formula is C9H11NOS. The molecule has 2 nitrogen and oxygen atoms in total. The van der Waals surface area contributed by atoms with Crippen molar-refractivity contribution in [3.63, 3.8) is 0 Å². The average Bonchev–Trinajstić information content (AvgIpc) is 2.16. The summed E-state index contributed by atoms with van der Waals surface area (Å²) < 4.78 is 0. The van der Waals surface area contributed by atoms with Gasteiger partial charge in [0.15, 0.2) is 0 Å².